The number of hydrogen-bond acceptors (Lipinski definition) is 2. The first-order chi connectivity index (χ1) is 8.15. The van der Waals surface area contributed by atoms with Crippen molar-refractivity contribution in [3.63, 3.8) is 0 Å². The largest absolute Gasteiger partial charge is 0.481 e. The Kier molecular flexibility index (Phi) is 4.38. The van der Waals surface area contributed by atoms with Crippen LogP contribution in [-0.2, 0) is 4.79 Å². The topological polar surface area (TPSA) is 57.5 Å². The number of aliphatic hydroxyl groups is 1. The number of hydrogen-bond donors (Lipinski definition) is 2. The second-order valence-corrected chi connectivity index (χ2v) is 6.15. The zero-order valence-electron chi connectivity index (χ0n) is 11.7. The summed E-state index contributed by atoms with van der Waals surface area (Å²) >= 11 is 0. The molecule has 2 atom stereocenters. The lowest BCUT2D eigenvalue weighted by molar-refractivity contribution is -0.141. The molecule has 3 heteroatoms. The summed E-state index contributed by atoms with van der Waals surface area (Å²) in [5, 5.41) is 18.6. The van der Waals surface area contributed by atoms with Gasteiger partial charge in [-0.05, 0) is 38.0 Å². The smallest absolute Gasteiger partial charge is 0.306 e. The van der Waals surface area contributed by atoms with Crippen LogP contribution in [0, 0.1) is 11.3 Å². The zero-order chi connectivity index (χ0) is 14.0. The lowest BCUT2D eigenvalue weighted by atomic mass is 9.77. The quantitative estimate of drug-likeness (QED) is 0.739. The van der Waals surface area contributed by atoms with Crippen LogP contribution in [0.2, 0.25) is 0 Å². The van der Waals surface area contributed by atoms with E-state index < -0.39 is 11.6 Å². The first-order valence-corrected chi connectivity index (χ1v) is 6.43. The van der Waals surface area contributed by atoms with Crippen molar-refractivity contribution in [1.29, 1.82) is 0 Å². The number of carbonyl (C=O) groups is 1. The molecule has 0 saturated carbocycles. The van der Waals surface area contributed by atoms with Crippen LogP contribution >= 0.6 is 0 Å². The Morgan fingerprint density at radius 1 is 1.61 bits per heavy atom. The summed E-state index contributed by atoms with van der Waals surface area (Å²) in [5.41, 5.74) is 0.400. The predicted molar refractivity (Wildman–Crippen MR) is 72.3 cm³/mol. The van der Waals surface area contributed by atoms with E-state index >= 15 is 0 Å². The molecule has 3 nitrogen and oxygen atoms in total. The summed E-state index contributed by atoms with van der Waals surface area (Å²) in [5.74, 6) is -0.523. The minimum atomic E-state index is -1.16. The Hall–Kier alpha value is -1.09. The van der Waals surface area contributed by atoms with E-state index in [0.717, 1.165) is 6.42 Å². The highest BCUT2D eigenvalue weighted by Crippen LogP contribution is 2.43. The van der Waals surface area contributed by atoms with Crippen molar-refractivity contribution in [2.24, 2.45) is 11.3 Å². The van der Waals surface area contributed by atoms with E-state index in [1.165, 1.54) is 5.57 Å². The molecule has 18 heavy (non-hydrogen) atoms. The van der Waals surface area contributed by atoms with Gasteiger partial charge < -0.3 is 10.2 Å². The molecule has 0 aromatic carbocycles. The van der Waals surface area contributed by atoms with E-state index in [9.17, 15) is 9.90 Å². The minimum Gasteiger partial charge on any atom is -0.481 e. The summed E-state index contributed by atoms with van der Waals surface area (Å²) in [6.07, 6.45) is 7.47. The molecule has 1 aliphatic rings. The average molecular weight is 252 g/mol. The molecule has 0 aromatic rings. The van der Waals surface area contributed by atoms with E-state index in [1.807, 2.05) is 6.08 Å². The molecule has 0 fully saturated rings. The van der Waals surface area contributed by atoms with E-state index in [2.05, 4.69) is 32.9 Å². The minimum absolute atomic E-state index is 0.162. The van der Waals surface area contributed by atoms with Gasteiger partial charge in [0.25, 0.3) is 0 Å². The molecule has 0 amide bonds. The van der Waals surface area contributed by atoms with Gasteiger partial charge in [-0.3, -0.25) is 4.79 Å². The molecule has 0 aliphatic heterocycles. The fraction of sp³-hybridized carbons (Fsp3) is 0.667. The number of carboxylic acid groups (broad SMARTS) is 1. The number of carboxylic acids is 1. The lowest BCUT2D eigenvalue weighted by Gasteiger charge is -2.27. The van der Waals surface area contributed by atoms with Gasteiger partial charge in [0.1, 0.15) is 0 Å². The van der Waals surface area contributed by atoms with Gasteiger partial charge in [-0.15, -0.1) is 0 Å². The fourth-order valence-corrected chi connectivity index (χ4v) is 2.36. The third kappa shape index (κ3) is 3.70. The molecule has 1 aliphatic carbocycles. The van der Waals surface area contributed by atoms with Crippen molar-refractivity contribution >= 4 is 5.97 Å². The van der Waals surface area contributed by atoms with Crippen LogP contribution in [0.3, 0.4) is 0 Å². The first kappa shape index (κ1) is 15.0. The monoisotopic (exact) mass is 252 g/mol. The second-order valence-electron chi connectivity index (χ2n) is 6.15. The molecule has 0 radical (unpaired) electrons. The third-order valence-electron chi connectivity index (χ3n) is 4.08. The van der Waals surface area contributed by atoms with Crippen LogP contribution in [-0.4, -0.2) is 21.8 Å². The van der Waals surface area contributed by atoms with Crippen molar-refractivity contribution < 1.29 is 15.0 Å². The Morgan fingerprint density at radius 3 is 2.67 bits per heavy atom. The van der Waals surface area contributed by atoms with Crippen LogP contribution in [0.4, 0.5) is 0 Å². The standard InChI is InChI=1S/C15H24O3/c1-11-7-8-12(14(11,2)3)6-5-9-15(4,18)10-13(16)17/h5-7,12,18H,8-10H2,1-4H3,(H,16,17). The fourth-order valence-electron chi connectivity index (χ4n) is 2.36. The van der Waals surface area contributed by atoms with Gasteiger partial charge in [-0.25, -0.2) is 0 Å². The van der Waals surface area contributed by atoms with Crippen molar-refractivity contribution in [2.75, 3.05) is 0 Å². The van der Waals surface area contributed by atoms with Gasteiger partial charge in [-0.1, -0.05) is 37.6 Å². The first-order valence-electron chi connectivity index (χ1n) is 6.43. The van der Waals surface area contributed by atoms with Crippen molar-refractivity contribution in [2.45, 2.75) is 52.6 Å². The maximum atomic E-state index is 10.6. The molecular formula is C15H24O3. The average Bonchev–Trinajstić information content (AvgIpc) is 2.42. The second kappa shape index (κ2) is 5.27. The van der Waals surface area contributed by atoms with Gasteiger partial charge in [0.2, 0.25) is 0 Å². The molecule has 2 N–H and O–H groups in total. The lowest BCUT2D eigenvalue weighted by Crippen LogP contribution is -2.27. The summed E-state index contributed by atoms with van der Waals surface area (Å²) in [7, 11) is 0. The van der Waals surface area contributed by atoms with Gasteiger partial charge in [-0.2, -0.15) is 0 Å². The van der Waals surface area contributed by atoms with Crippen molar-refractivity contribution in [3.8, 4) is 0 Å². The zero-order valence-corrected chi connectivity index (χ0v) is 11.7. The number of allylic oxidation sites excluding steroid dienone is 3. The van der Waals surface area contributed by atoms with E-state index in [4.69, 9.17) is 5.11 Å². The molecule has 0 spiro atoms. The normalized spacial score (nSPS) is 26.1. The van der Waals surface area contributed by atoms with Crippen LogP contribution in [0.15, 0.2) is 23.8 Å². The summed E-state index contributed by atoms with van der Waals surface area (Å²) in [6, 6.07) is 0. The summed E-state index contributed by atoms with van der Waals surface area (Å²) < 4.78 is 0. The van der Waals surface area contributed by atoms with E-state index in [0.29, 0.717) is 12.3 Å². The molecule has 0 heterocycles. The molecule has 2 unspecified atom stereocenters. The highest BCUT2D eigenvalue weighted by molar-refractivity contribution is 5.68. The molecule has 0 saturated heterocycles. The van der Waals surface area contributed by atoms with Crippen molar-refractivity contribution in [1.82, 2.24) is 0 Å². The third-order valence-corrected chi connectivity index (χ3v) is 4.08. The maximum absolute atomic E-state index is 10.6. The van der Waals surface area contributed by atoms with Crippen LogP contribution in [0.5, 0.6) is 0 Å². The van der Waals surface area contributed by atoms with Crippen LogP contribution < -0.4 is 0 Å². The molecule has 0 aromatic heterocycles. The van der Waals surface area contributed by atoms with Gasteiger partial charge in [0.05, 0.1) is 12.0 Å². The highest BCUT2D eigenvalue weighted by Gasteiger charge is 2.33. The molecule has 1 rings (SSSR count). The van der Waals surface area contributed by atoms with Gasteiger partial charge in [0.15, 0.2) is 0 Å². The van der Waals surface area contributed by atoms with Crippen molar-refractivity contribution in [3.05, 3.63) is 23.8 Å². The van der Waals surface area contributed by atoms with Crippen LogP contribution in [0.25, 0.3) is 0 Å². The molecule has 0 bridgehead atoms. The van der Waals surface area contributed by atoms with E-state index in [-0.39, 0.29) is 11.8 Å². The number of rotatable bonds is 5. The Morgan fingerprint density at radius 2 is 2.22 bits per heavy atom. The van der Waals surface area contributed by atoms with E-state index in [1.54, 1.807) is 6.92 Å². The predicted octanol–water partition coefficient (Wildman–Crippen LogP) is 3.15. The van der Waals surface area contributed by atoms with Crippen LogP contribution in [0.1, 0.15) is 47.0 Å². The molecular weight excluding hydrogens is 228 g/mol. The maximum Gasteiger partial charge on any atom is 0.306 e. The Bertz CT molecular complexity index is 375. The highest BCUT2D eigenvalue weighted by atomic mass is 16.4. The Labute approximate surface area is 109 Å². The van der Waals surface area contributed by atoms with Gasteiger partial charge >= 0.3 is 5.97 Å². The number of aliphatic carboxylic acids is 1. The molecule has 102 valence electrons. The summed E-state index contributed by atoms with van der Waals surface area (Å²) in [4.78, 5) is 10.6. The SMILES string of the molecule is CC1=CCC(C=CCC(C)(O)CC(=O)O)C1(C)C. The summed E-state index contributed by atoms with van der Waals surface area (Å²) in [6.45, 7) is 8.15. The Balaban J connectivity index is 2.55. The van der Waals surface area contributed by atoms with Gasteiger partial charge in [0, 0.05) is 0 Å².